The van der Waals surface area contributed by atoms with Crippen molar-refractivity contribution < 1.29 is 9.47 Å². The van der Waals surface area contributed by atoms with Gasteiger partial charge in [-0.2, -0.15) is 5.10 Å². The molecule has 4 rings (SSSR count). The fourth-order valence-corrected chi connectivity index (χ4v) is 3.83. The standard InChI is InChI=1S/C21H30N4O2/c1-24(2)18(15-5-6-15)13-22-12-17-14-25(3)23-21(17)16-7-8-19-20(11-16)27-10-4-9-26-19/h7-8,11,14-15,18,22H,4-6,9-10,12-13H2,1-3H3. The van der Waals surface area contributed by atoms with Gasteiger partial charge < -0.3 is 19.7 Å². The number of nitrogens with one attached hydrogen (secondary N) is 1. The van der Waals surface area contributed by atoms with E-state index in [1.807, 2.05) is 17.8 Å². The summed E-state index contributed by atoms with van der Waals surface area (Å²) in [6.07, 6.45) is 5.74. The lowest BCUT2D eigenvalue weighted by atomic mass is 10.1. The van der Waals surface area contributed by atoms with E-state index in [9.17, 15) is 0 Å². The summed E-state index contributed by atoms with van der Waals surface area (Å²) < 4.78 is 13.5. The van der Waals surface area contributed by atoms with E-state index in [0.717, 1.165) is 48.2 Å². The molecule has 2 aliphatic rings. The quantitative estimate of drug-likeness (QED) is 0.812. The predicted molar refractivity (Wildman–Crippen MR) is 106 cm³/mol. The van der Waals surface area contributed by atoms with Crippen LogP contribution in [0, 0.1) is 5.92 Å². The highest BCUT2D eigenvalue weighted by molar-refractivity contribution is 5.66. The summed E-state index contributed by atoms with van der Waals surface area (Å²) in [5, 5.41) is 8.35. The molecule has 1 saturated carbocycles. The monoisotopic (exact) mass is 370 g/mol. The summed E-state index contributed by atoms with van der Waals surface area (Å²) in [4.78, 5) is 2.35. The third kappa shape index (κ3) is 4.28. The van der Waals surface area contributed by atoms with Crippen molar-refractivity contribution >= 4 is 0 Å². The van der Waals surface area contributed by atoms with Gasteiger partial charge in [0.15, 0.2) is 11.5 Å². The van der Waals surface area contributed by atoms with Crippen molar-refractivity contribution in [2.75, 3.05) is 33.9 Å². The number of ether oxygens (including phenoxy) is 2. The van der Waals surface area contributed by atoms with E-state index in [1.54, 1.807) is 0 Å². The molecule has 1 N–H and O–H groups in total. The Bertz CT molecular complexity index is 780. The van der Waals surface area contributed by atoms with Crippen molar-refractivity contribution in [3.63, 3.8) is 0 Å². The van der Waals surface area contributed by atoms with Crippen LogP contribution in [0.5, 0.6) is 11.5 Å². The Morgan fingerprint density at radius 3 is 2.74 bits per heavy atom. The minimum absolute atomic E-state index is 0.614. The Hall–Kier alpha value is -2.05. The second kappa shape index (κ2) is 7.90. The number of aryl methyl sites for hydroxylation is 1. The van der Waals surface area contributed by atoms with Crippen molar-refractivity contribution in [2.24, 2.45) is 13.0 Å². The van der Waals surface area contributed by atoms with Crippen LogP contribution in [0.25, 0.3) is 11.3 Å². The molecular weight excluding hydrogens is 340 g/mol. The molecule has 1 unspecified atom stereocenters. The van der Waals surface area contributed by atoms with Gasteiger partial charge in [0.05, 0.1) is 18.9 Å². The van der Waals surface area contributed by atoms with E-state index in [4.69, 9.17) is 14.6 Å². The Morgan fingerprint density at radius 1 is 1.22 bits per heavy atom. The molecule has 1 atom stereocenters. The number of rotatable bonds is 7. The molecule has 1 aliphatic carbocycles. The lowest BCUT2D eigenvalue weighted by molar-refractivity contribution is 0.255. The largest absolute Gasteiger partial charge is 0.490 e. The number of hydrogen-bond acceptors (Lipinski definition) is 5. The third-order valence-corrected chi connectivity index (χ3v) is 5.42. The second-order valence-corrected chi connectivity index (χ2v) is 7.89. The molecule has 6 nitrogen and oxygen atoms in total. The molecule has 0 spiro atoms. The number of benzene rings is 1. The molecule has 0 amide bonds. The SMILES string of the molecule is CN(C)C(CNCc1cn(C)nc1-c1ccc2c(c1)OCCCO2)C1CC1. The maximum Gasteiger partial charge on any atom is 0.161 e. The van der Waals surface area contributed by atoms with E-state index >= 15 is 0 Å². The summed E-state index contributed by atoms with van der Waals surface area (Å²) >= 11 is 0. The third-order valence-electron chi connectivity index (χ3n) is 5.42. The molecule has 2 aromatic rings. The number of likely N-dealkylation sites (N-methyl/N-ethyl adjacent to an activating group) is 1. The van der Waals surface area contributed by atoms with Gasteiger partial charge in [-0.3, -0.25) is 4.68 Å². The molecule has 0 saturated heterocycles. The van der Waals surface area contributed by atoms with Crippen LogP contribution < -0.4 is 14.8 Å². The van der Waals surface area contributed by atoms with Crippen molar-refractivity contribution in [1.82, 2.24) is 20.0 Å². The van der Waals surface area contributed by atoms with Crippen LogP contribution in [0.15, 0.2) is 24.4 Å². The molecule has 0 radical (unpaired) electrons. The van der Waals surface area contributed by atoms with Crippen molar-refractivity contribution in [2.45, 2.75) is 31.8 Å². The fourth-order valence-electron chi connectivity index (χ4n) is 3.83. The number of hydrogen-bond donors (Lipinski definition) is 1. The van der Waals surface area contributed by atoms with Crippen LogP contribution in [0.4, 0.5) is 0 Å². The first kappa shape index (κ1) is 18.3. The lowest BCUT2D eigenvalue weighted by Gasteiger charge is -2.24. The van der Waals surface area contributed by atoms with Crippen LogP contribution in [-0.4, -0.2) is 54.6 Å². The molecule has 146 valence electrons. The van der Waals surface area contributed by atoms with Crippen LogP contribution in [0.2, 0.25) is 0 Å². The molecule has 6 heteroatoms. The first-order chi connectivity index (χ1) is 13.1. The van der Waals surface area contributed by atoms with Crippen LogP contribution in [0.3, 0.4) is 0 Å². The summed E-state index contributed by atoms with van der Waals surface area (Å²) in [7, 11) is 6.33. The molecular formula is C21H30N4O2. The Labute approximate surface area is 161 Å². The van der Waals surface area contributed by atoms with Crippen LogP contribution in [0.1, 0.15) is 24.8 Å². The van der Waals surface area contributed by atoms with Gasteiger partial charge in [0.25, 0.3) is 0 Å². The summed E-state index contributed by atoms with van der Waals surface area (Å²) in [5.41, 5.74) is 3.29. The Kier molecular flexibility index (Phi) is 5.36. The number of aromatic nitrogens is 2. The lowest BCUT2D eigenvalue weighted by Crippen LogP contribution is -2.39. The number of fused-ring (bicyclic) bond motifs is 1. The maximum atomic E-state index is 5.85. The van der Waals surface area contributed by atoms with Gasteiger partial charge in [0.1, 0.15) is 0 Å². The zero-order chi connectivity index (χ0) is 18.8. The van der Waals surface area contributed by atoms with Gasteiger partial charge in [-0.25, -0.2) is 0 Å². The fraction of sp³-hybridized carbons (Fsp3) is 0.571. The summed E-state index contributed by atoms with van der Waals surface area (Å²) in [6, 6.07) is 6.74. The second-order valence-electron chi connectivity index (χ2n) is 7.89. The first-order valence-electron chi connectivity index (χ1n) is 9.91. The topological polar surface area (TPSA) is 51.6 Å². The molecule has 2 heterocycles. The van der Waals surface area contributed by atoms with Gasteiger partial charge in [-0.05, 0) is 51.1 Å². The molecule has 1 aliphatic heterocycles. The van der Waals surface area contributed by atoms with Gasteiger partial charge in [0, 0.05) is 49.9 Å². The van der Waals surface area contributed by atoms with E-state index in [2.05, 4.69) is 42.6 Å². The van der Waals surface area contributed by atoms with E-state index in [-0.39, 0.29) is 0 Å². The minimum Gasteiger partial charge on any atom is -0.490 e. The molecule has 1 aromatic carbocycles. The van der Waals surface area contributed by atoms with Crippen LogP contribution >= 0.6 is 0 Å². The molecule has 1 fully saturated rings. The van der Waals surface area contributed by atoms with Gasteiger partial charge >= 0.3 is 0 Å². The van der Waals surface area contributed by atoms with E-state index < -0.39 is 0 Å². The Balaban J connectivity index is 1.48. The minimum atomic E-state index is 0.614. The molecule has 27 heavy (non-hydrogen) atoms. The van der Waals surface area contributed by atoms with Crippen LogP contribution in [-0.2, 0) is 13.6 Å². The summed E-state index contributed by atoms with van der Waals surface area (Å²) in [5.74, 6) is 2.49. The van der Waals surface area contributed by atoms with E-state index in [0.29, 0.717) is 19.3 Å². The van der Waals surface area contributed by atoms with Gasteiger partial charge in [-0.1, -0.05) is 0 Å². The molecule has 0 bridgehead atoms. The van der Waals surface area contributed by atoms with E-state index in [1.165, 1.54) is 18.4 Å². The maximum absolute atomic E-state index is 5.85. The number of nitrogens with zero attached hydrogens (tertiary/aromatic N) is 3. The average molecular weight is 370 g/mol. The van der Waals surface area contributed by atoms with Gasteiger partial charge in [-0.15, -0.1) is 0 Å². The predicted octanol–water partition coefficient (Wildman–Crippen LogP) is 2.68. The average Bonchev–Trinajstić information content (AvgIpc) is 3.44. The van der Waals surface area contributed by atoms with Gasteiger partial charge in [0.2, 0.25) is 0 Å². The molecule has 1 aromatic heterocycles. The highest BCUT2D eigenvalue weighted by Gasteiger charge is 2.32. The first-order valence-corrected chi connectivity index (χ1v) is 9.91. The highest BCUT2D eigenvalue weighted by Crippen LogP contribution is 2.35. The Morgan fingerprint density at radius 2 is 2.00 bits per heavy atom. The zero-order valence-corrected chi connectivity index (χ0v) is 16.6. The summed E-state index contributed by atoms with van der Waals surface area (Å²) in [6.45, 7) is 3.22. The highest BCUT2D eigenvalue weighted by atomic mass is 16.5. The van der Waals surface area contributed by atoms with Crippen molar-refractivity contribution in [3.8, 4) is 22.8 Å². The van der Waals surface area contributed by atoms with Crippen molar-refractivity contribution in [3.05, 3.63) is 30.0 Å². The normalized spacial score (nSPS) is 17.8. The van der Waals surface area contributed by atoms with Crippen molar-refractivity contribution in [1.29, 1.82) is 0 Å². The zero-order valence-electron chi connectivity index (χ0n) is 16.6. The smallest absolute Gasteiger partial charge is 0.161 e.